The van der Waals surface area contributed by atoms with E-state index in [0.29, 0.717) is 11.5 Å². The van der Waals surface area contributed by atoms with Gasteiger partial charge in [0.25, 0.3) is 0 Å². The summed E-state index contributed by atoms with van der Waals surface area (Å²) in [5.41, 5.74) is 2.11. The van der Waals surface area contributed by atoms with Gasteiger partial charge in [-0.3, -0.25) is 0 Å². The zero-order valence-corrected chi connectivity index (χ0v) is 11.9. The molecular weight excluding hydrogens is 252 g/mol. The van der Waals surface area contributed by atoms with Crippen molar-refractivity contribution < 1.29 is 14.6 Å². The van der Waals surface area contributed by atoms with E-state index in [-0.39, 0.29) is 6.61 Å². The fourth-order valence-electron chi connectivity index (χ4n) is 1.98. The molecule has 2 rings (SSSR count). The van der Waals surface area contributed by atoms with Gasteiger partial charge in [0.15, 0.2) is 11.5 Å². The Labute approximate surface area is 119 Å². The van der Waals surface area contributed by atoms with E-state index in [9.17, 15) is 5.11 Å². The van der Waals surface area contributed by atoms with Gasteiger partial charge in [-0.05, 0) is 29.7 Å². The molecular formula is C17H20O3. The minimum absolute atomic E-state index is 0.200. The zero-order valence-electron chi connectivity index (χ0n) is 11.9. The average molecular weight is 272 g/mol. The molecule has 2 aromatic carbocycles. The van der Waals surface area contributed by atoms with Crippen molar-refractivity contribution in [3.8, 4) is 11.5 Å². The van der Waals surface area contributed by atoms with Gasteiger partial charge in [0.05, 0.1) is 7.11 Å². The molecule has 0 heterocycles. The number of ether oxygens (including phenoxy) is 2. The summed E-state index contributed by atoms with van der Waals surface area (Å²) in [7, 11) is 1.60. The van der Waals surface area contributed by atoms with Crippen LogP contribution >= 0.6 is 0 Å². The molecule has 0 aliphatic rings. The van der Waals surface area contributed by atoms with Crippen LogP contribution in [0.2, 0.25) is 0 Å². The van der Waals surface area contributed by atoms with Gasteiger partial charge >= 0.3 is 0 Å². The lowest BCUT2D eigenvalue weighted by Crippen LogP contribution is -2.10. The Morgan fingerprint density at radius 1 is 1.00 bits per heavy atom. The number of aliphatic hydroxyl groups is 1. The molecule has 1 atom stereocenters. The van der Waals surface area contributed by atoms with E-state index >= 15 is 0 Å². The van der Waals surface area contributed by atoms with Crippen LogP contribution in [0.1, 0.15) is 24.2 Å². The minimum atomic E-state index is -0.647. The summed E-state index contributed by atoms with van der Waals surface area (Å²) in [5.74, 6) is 1.31. The SMILES string of the molecule is CCc1ccc(C(O)COc2ccccc2OC)cc1. The van der Waals surface area contributed by atoms with Gasteiger partial charge in [-0.15, -0.1) is 0 Å². The topological polar surface area (TPSA) is 38.7 Å². The molecule has 0 bridgehead atoms. The summed E-state index contributed by atoms with van der Waals surface area (Å²) >= 11 is 0. The molecule has 0 aliphatic heterocycles. The lowest BCUT2D eigenvalue weighted by molar-refractivity contribution is 0.106. The van der Waals surface area contributed by atoms with Crippen LogP contribution < -0.4 is 9.47 Å². The number of hydrogen-bond acceptors (Lipinski definition) is 3. The molecule has 0 spiro atoms. The first-order valence-electron chi connectivity index (χ1n) is 6.77. The second kappa shape index (κ2) is 6.96. The molecule has 0 saturated heterocycles. The van der Waals surface area contributed by atoms with Crippen LogP contribution in [0.3, 0.4) is 0 Å². The summed E-state index contributed by atoms with van der Waals surface area (Å²) in [6, 6.07) is 15.4. The van der Waals surface area contributed by atoms with Gasteiger partial charge < -0.3 is 14.6 Å². The number of rotatable bonds is 6. The zero-order chi connectivity index (χ0) is 14.4. The third-order valence-electron chi connectivity index (χ3n) is 3.24. The summed E-state index contributed by atoms with van der Waals surface area (Å²) < 4.78 is 10.8. The molecule has 1 unspecified atom stereocenters. The summed E-state index contributed by atoms with van der Waals surface area (Å²) in [5, 5.41) is 10.1. The fourth-order valence-corrected chi connectivity index (χ4v) is 1.98. The standard InChI is InChI=1S/C17H20O3/c1-3-13-8-10-14(11-9-13)15(18)12-20-17-7-5-4-6-16(17)19-2/h4-11,15,18H,3,12H2,1-2H3. The number of aliphatic hydroxyl groups excluding tert-OH is 1. The van der Waals surface area contributed by atoms with E-state index in [1.165, 1.54) is 5.56 Å². The van der Waals surface area contributed by atoms with Crippen LogP contribution in [-0.2, 0) is 6.42 Å². The maximum absolute atomic E-state index is 10.1. The van der Waals surface area contributed by atoms with Crippen LogP contribution in [-0.4, -0.2) is 18.8 Å². The predicted octanol–water partition coefficient (Wildman–Crippen LogP) is 3.37. The molecule has 20 heavy (non-hydrogen) atoms. The molecule has 1 N–H and O–H groups in total. The number of aryl methyl sites for hydroxylation is 1. The Morgan fingerprint density at radius 2 is 1.65 bits per heavy atom. The van der Waals surface area contributed by atoms with Crippen molar-refractivity contribution in [1.82, 2.24) is 0 Å². The van der Waals surface area contributed by atoms with Crippen LogP contribution in [0.4, 0.5) is 0 Å². The van der Waals surface area contributed by atoms with E-state index in [4.69, 9.17) is 9.47 Å². The van der Waals surface area contributed by atoms with Crippen LogP contribution in [0.5, 0.6) is 11.5 Å². The highest BCUT2D eigenvalue weighted by Crippen LogP contribution is 2.27. The van der Waals surface area contributed by atoms with Crippen molar-refractivity contribution in [2.45, 2.75) is 19.4 Å². The third kappa shape index (κ3) is 3.52. The molecule has 3 nitrogen and oxygen atoms in total. The molecule has 0 amide bonds. The van der Waals surface area contributed by atoms with Crippen molar-refractivity contribution in [2.75, 3.05) is 13.7 Å². The second-order valence-electron chi connectivity index (χ2n) is 4.57. The molecule has 106 valence electrons. The van der Waals surface area contributed by atoms with Gasteiger partial charge in [0.2, 0.25) is 0 Å². The van der Waals surface area contributed by atoms with Gasteiger partial charge in [-0.25, -0.2) is 0 Å². The molecule has 0 aliphatic carbocycles. The van der Waals surface area contributed by atoms with Crippen molar-refractivity contribution in [2.24, 2.45) is 0 Å². The van der Waals surface area contributed by atoms with E-state index in [1.807, 2.05) is 48.5 Å². The number of hydrogen-bond donors (Lipinski definition) is 1. The van der Waals surface area contributed by atoms with Crippen molar-refractivity contribution >= 4 is 0 Å². The Morgan fingerprint density at radius 3 is 2.25 bits per heavy atom. The first-order valence-corrected chi connectivity index (χ1v) is 6.77. The van der Waals surface area contributed by atoms with Crippen molar-refractivity contribution in [1.29, 1.82) is 0 Å². The second-order valence-corrected chi connectivity index (χ2v) is 4.57. The normalized spacial score (nSPS) is 11.9. The quantitative estimate of drug-likeness (QED) is 0.876. The molecule has 0 radical (unpaired) electrons. The first-order chi connectivity index (χ1) is 9.74. The summed E-state index contributed by atoms with van der Waals surface area (Å²) in [4.78, 5) is 0. The molecule has 0 saturated carbocycles. The van der Waals surface area contributed by atoms with Crippen molar-refractivity contribution in [3.63, 3.8) is 0 Å². The van der Waals surface area contributed by atoms with Gasteiger partial charge in [0.1, 0.15) is 12.7 Å². The van der Waals surface area contributed by atoms with Gasteiger partial charge in [-0.2, -0.15) is 0 Å². The maximum Gasteiger partial charge on any atom is 0.161 e. The summed E-state index contributed by atoms with van der Waals surface area (Å²) in [6.07, 6.45) is 0.347. The number of methoxy groups -OCH3 is 1. The number of benzene rings is 2. The highest BCUT2D eigenvalue weighted by atomic mass is 16.5. The monoisotopic (exact) mass is 272 g/mol. The first kappa shape index (κ1) is 14.4. The lowest BCUT2D eigenvalue weighted by Gasteiger charge is -2.15. The highest BCUT2D eigenvalue weighted by Gasteiger charge is 2.10. The van der Waals surface area contributed by atoms with Gasteiger partial charge in [0, 0.05) is 0 Å². The molecule has 3 heteroatoms. The molecule has 0 aromatic heterocycles. The molecule has 0 fully saturated rings. The van der Waals surface area contributed by atoms with E-state index in [1.54, 1.807) is 7.11 Å². The number of para-hydroxylation sites is 2. The van der Waals surface area contributed by atoms with E-state index in [2.05, 4.69) is 6.92 Å². The van der Waals surface area contributed by atoms with Crippen LogP contribution in [0.15, 0.2) is 48.5 Å². The lowest BCUT2D eigenvalue weighted by atomic mass is 10.1. The van der Waals surface area contributed by atoms with Crippen LogP contribution in [0, 0.1) is 0 Å². The van der Waals surface area contributed by atoms with E-state index in [0.717, 1.165) is 12.0 Å². The Hall–Kier alpha value is -2.00. The third-order valence-corrected chi connectivity index (χ3v) is 3.24. The average Bonchev–Trinajstić information content (AvgIpc) is 2.53. The van der Waals surface area contributed by atoms with Crippen molar-refractivity contribution in [3.05, 3.63) is 59.7 Å². The summed E-state index contributed by atoms with van der Waals surface area (Å²) in [6.45, 7) is 2.31. The molecule has 2 aromatic rings. The Bertz CT molecular complexity index is 534. The van der Waals surface area contributed by atoms with Crippen LogP contribution in [0.25, 0.3) is 0 Å². The van der Waals surface area contributed by atoms with E-state index < -0.39 is 6.10 Å². The highest BCUT2D eigenvalue weighted by molar-refractivity contribution is 5.39. The predicted molar refractivity (Wildman–Crippen MR) is 79.3 cm³/mol. The Kier molecular flexibility index (Phi) is 5.02. The maximum atomic E-state index is 10.1. The Balaban J connectivity index is 1.98. The smallest absolute Gasteiger partial charge is 0.161 e. The largest absolute Gasteiger partial charge is 0.493 e. The minimum Gasteiger partial charge on any atom is -0.493 e. The fraction of sp³-hybridized carbons (Fsp3) is 0.294. The van der Waals surface area contributed by atoms with Gasteiger partial charge in [-0.1, -0.05) is 43.3 Å².